The van der Waals surface area contributed by atoms with Crippen LogP contribution in [0, 0.1) is 5.21 Å². The Morgan fingerprint density at radius 2 is 2.15 bits per heavy atom. The molecule has 0 aromatic rings. The van der Waals surface area contributed by atoms with Gasteiger partial charge in [-0.25, -0.2) is 4.79 Å². The second-order valence-corrected chi connectivity index (χ2v) is 3.85. The number of aliphatic hydroxyl groups excluding tert-OH is 2. The molecular weight excluding hydrogens is 176 g/mol. The van der Waals surface area contributed by atoms with Crippen LogP contribution in [0.3, 0.4) is 0 Å². The summed E-state index contributed by atoms with van der Waals surface area (Å²) in [6.07, 6.45) is 0. The van der Waals surface area contributed by atoms with E-state index in [2.05, 4.69) is 0 Å². The third kappa shape index (κ3) is 1.42. The summed E-state index contributed by atoms with van der Waals surface area (Å²) in [4.78, 5) is 12.4. The van der Waals surface area contributed by atoms with Crippen molar-refractivity contribution in [2.24, 2.45) is 0 Å². The number of hydrogen-bond donors (Lipinski definition) is 2. The third-order valence-electron chi connectivity index (χ3n) is 2.32. The Labute approximate surface area is 76.2 Å². The Kier molecular flexibility index (Phi) is 2.33. The van der Waals surface area contributed by atoms with Gasteiger partial charge in [0.15, 0.2) is 6.73 Å². The van der Waals surface area contributed by atoms with E-state index in [1.807, 2.05) is 0 Å². The SMILES string of the molecule is CC1(C)C[N+]([O-])(CO)C(=O)N1CO. The van der Waals surface area contributed by atoms with Crippen LogP contribution >= 0.6 is 0 Å². The van der Waals surface area contributed by atoms with Gasteiger partial charge in [0.05, 0.1) is 5.54 Å². The van der Waals surface area contributed by atoms with Gasteiger partial charge in [0.25, 0.3) is 0 Å². The minimum absolute atomic E-state index is 0.0388. The van der Waals surface area contributed by atoms with Gasteiger partial charge in [0.1, 0.15) is 13.3 Å². The molecule has 2 N–H and O–H groups in total. The topological polar surface area (TPSA) is 83.8 Å². The summed E-state index contributed by atoms with van der Waals surface area (Å²) in [7, 11) is 0. The molecule has 0 aromatic carbocycles. The molecule has 6 heteroatoms. The highest BCUT2D eigenvalue weighted by atomic mass is 16.6. The van der Waals surface area contributed by atoms with Crippen molar-refractivity contribution in [1.29, 1.82) is 0 Å². The number of rotatable bonds is 2. The molecule has 2 amide bonds. The maximum absolute atomic E-state index is 11.6. The first-order valence-electron chi connectivity index (χ1n) is 3.99. The van der Waals surface area contributed by atoms with Crippen LogP contribution in [0.25, 0.3) is 0 Å². The molecule has 0 aromatic heterocycles. The van der Waals surface area contributed by atoms with Crippen LogP contribution in [0.5, 0.6) is 0 Å². The van der Waals surface area contributed by atoms with E-state index in [1.54, 1.807) is 13.8 Å². The minimum Gasteiger partial charge on any atom is -0.622 e. The van der Waals surface area contributed by atoms with Crippen molar-refractivity contribution >= 4 is 6.03 Å². The molecule has 76 valence electrons. The zero-order chi connectivity index (χ0) is 10.3. The Bertz CT molecular complexity index is 231. The zero-order valence-corrected chi connectivity index (χ0v) is 7.73. The highest BCUT2D eigenvalue weighted by molar-refractivity contribution is 5.70. The second-order valence-electron chi connectivity index (χ2n) is 3.85. The number of aliphatic hydroxyl groups is 2. The molecular formula is C7H14N2O4. The van der Waals surface area contributed by atoms with Gasteiger partial charge >= 0.3 is 6.03 Å². The summed E-state index contributed by atoms with van der Waals surface area (Å²) in [5.74, 6) is 0. The molecule has 0 saturated carbocycles. The Morgan fingerprint density at radius 3 is 2.38 bits per heavy atom. The molecule has 0 aliphatic carbocycles. The molecule has 1 aliphatic rings. The lowest BCUT2D eigenvalue weighted by Crippen LogP contribution is -2.46. The van der Waals surface area contributed by atoms with Crippen molar-refractivity contribution in [2.75, 3.05) is 20.0 Å². The number of urea groups is 1. The highest BCUT2D eigenvalue weighted by Gasteiger charge is 2.51. The van der Waals surface area contributed by atoms with Gasteiger partial charge in [-0.1, -0.05) is 0 Å². The number of carbonyl (C=O) groups is 1. The lowest BCUT2D eigenvalue weighted by Gasteiger charge is -2.31. The Balaban J connectivity index is 2.97. The van der Waals surface area contributed by atoms with Gasteiger partial charge < -0.3 is 15.4 Å². The lowest BCUT2D eigenvalue weighted by molar-refractivity contribution is -0.814. The van der Waals surface area contributed by atoms with Crippen molar-refractivity contribution in [3.63, 3.8) is 0 Å². The van der Waals surface area contributed by atoms with E-state index in [0.29, 0.717) is 0 Å². The molecule has 1 saturated heterocycles. The fraction of sp³-hybridized carbons (Fsp3) is 0.857. The lowest BCUT2D eigenvalue weighted by atomic mass is 10.1. The van der Waals surface area contributed by atoms with Crippen LogP contribution in [-0.2, 0) is 0 Å². The van der Waals surface area contributed by atoms with E-state index >= 15 is 0 Å². The van der Waals surface area contributed by atoms with Crippen molar-refractivity contribution in [3.05, 3.63) is 5.21 Å². The molecule has 1 unspecified atom stereocenters. The number of nitrogens with zero attached hydrogens (tertiary/aromatic N) is 2. The summed E-state index contributed by atoms with van der Waals surface area (Å²) in [5, 5.41) is 29.2. The number of carbonyl (C=O) groups excluding carboxylic acids is 1. The van der Waals surface area contributed by atoms with E-state index in [-0.39, 0.29) is 6.54 Å². The van der Waals surface area contributed by atoms with Crippen LogP contribution in [0.1, 0.15) is 13.8 Å². The quantitative estimate of drug-likeness (QED) is 0.450. The summed E-state index contributed by atoms with van der Waals surface area (Å²) >= 11 is 0. The van der Waals surface area contributed by atoms with Gasteiger partial charge in [0, 0.05) is 0 Å². The maximum Gasteiger partial charge on any atom is 0.423 e. The normalized spacial score (nSPS) is 32.7. The van der Waals surface area contributed by atoms with E-state index in [4.69, 9.17) is 10.2 Å². The number of hydrogen-bond acceptors (Lipinski definition) is 4. The highest BCUT2D eigenvalue weighted by Crippen LogP contribution is 2.30. The van der Waals surface area contributed by atoms with Crippen LogP contribution < -0.4 is 0 Å². The first kappa shape index (κ1) is 10.4. The van der Waals surface area contributed by atoms with Crippen LogP contribution in [-0.4, -0.2) is 51.3 Å². The number of hydroxylamine groups is 3. The molecule has 0 bridgehead atoms. The standard InChI is InChI=1S/C7H14N2O4/c1-7(2)3-9(13,5-11)6(12)8(7)4-10/h10-11H,3-5H2,1-2H3. The first-order chi connectivity index (χ1) is 5.87. The predicted octanol–water partition coefficient (Wildman–Crippen LogP) is -0.585. The van der Waals surface area contributed by atoms with E-state index in [0.717, 1.165) is 4.90 Å². The molecule has 6 nitrogen and oxygen atoms in total. The zero-order valence-electron chi connectivity index (χ0n) is 7.73. The van der Waals surface area contributed by atoms with E-state index in [1.165, 1.54) is 0 Å². The fourth-order valence-electron chi connectivity index (χ4n) is 1.62. The Hall–Kier alpha value is -0.690. The van der Waals surface area contributed by atoms with Gasteiger partial charge in [0.2, 0.25) is 0 Å². The molecule has 1 rings (SSSR count). The third-order valence-corrected chi connectivity index (χ3v) is 2.32. The molecule has 1 aliphatic heterocycles. The molecule has 1 fully saturated rings. The van der Waals surface area contributed by atoms with Crippen molar-refractivity contribution in [3.8, 4) is 0 Å². The smallest absolute Gasteiger partial charge is 0.423 e. The average molecular weight is 190 g/mol. The second kappa shape index (κ2) is 2.91. The summed E-state index contributed by atoms with van der Waals surface area (Å²) in [5.41, 5.74) is -0.698. The van der Waals surface area contributed by atoms with Gasteiger partial charge in [-0.2, -0.15) is 0 Å². The Morgan fingerprint density at radius 1 is 1.62 bits per heavy atom. The van der Waals surface area contributed by atoms with E-state index < -0.39 is 29.7 Å². The van der Waals surface area contributed by atoms with Crippen LogP contribution in [0.2, 0.25) is 0 Å². The van der Waals surface area contributed by atoms with Gasteiger partial charge in [-0.05, 0) is 13.8 Å². The van der Waals surface area contributed by atoms with Gasteiger partial charge in [-0.3, -0.25) is 9.55 Å². The first-order valence-corrected chi connectivity index (χ1v) is 3.99. The van der Waals surface area contributed by atoms with Crippen molar-refractivity contribution in [2.45, 2.75) is 19.4 Å². The largest absolute Gasteiger partial charge is 0.622 e. The van der Waals surface area contributed by atoms with Crippen LogP contribution in [0.15, 0.2) is 0 Å². The molecule has 1 heterocycles. The molecule has 1 atom stereocenters. The average Bonchev–Trinajstić information content (AvgIpc) is 2.20. The number of amides is 2. The molecule has 0 radical (unpaired) electrons. The van der Waals surface area contributed by atoms with Crippen LogP contribution in [0.4, 0.5) is 4.79 Å². The molecule has 13 heavy (non-hydrogen) atoms. The van der Waals surface area contributed by atoms with E-state index in [9.17, 15) is 10.0 Å². The monoisotopic (exact) mass is 190 g/mol. The predicted molar refractivity (Wildman–Crippen MR) is 44.0 cm³/mol. The summed E-state index contributed by atoms with van der Waals surface area (Å²) < 4.78 is -1.30. The summed E-state index contributed by atoms with van der Waals surface area (Å²) in [6, 6.07) is -0.782. The molecule has 0 spiro atoms. The van der Waals surface area contributed by atoms with Crippen molar-refractivity contribution in [1.82, 2.24) is 4.90 Å². The summed E-state index contributed by atoms with van der Waals surface area (Å²) in [6.45, 7) is 2.04. The van der Waals surface area contributed by atoms with Crippen molar-refractivity contribution < 1.29 is 19.7 Å². The number of quaternary nitrogens is 1. The minimum atomic E-state index is -1.30. The fourth-order valence-corrected chi connectivity index (χ4v) is 1.62. The maximum atomic E-state index is 11.6. The van der Waals surface area contributed by atoms with Gasteiger partial charge in [-0.15, -0.1) is 0 Å².